The molecule has 0 amide bonds. The van der Waals surface area contributed by atoms with Crippen molar-refractivity contribution in [3.05, 3.63) is 29.8 Å². The van der Waals surface area contributed by atoms with E-state index in [0.717, 1.165) is 23.6 Å². The minimum atomic E-state index is -0.291. The molecule has 1 aromatic rings. The zero-order chi connectivity index (χ0) is 15.5. The molecule has 1 aliphatic heterocycles. The highest BCUT2D eigenvalue weighted by Crippen LogP contribution is 2.36. The molecule has 0 unspecified atom stereocenters. The maximum absolute atomic E-state index is 6.10. The van der Waals surface area contributed by atoms with Crippen LogP contribution in [0.25, 0.3) is 0 Å². The fourth-order valence-corrected chi connectivity index (χ4v) is 2.99. The van der Waals surface area contributed by atoms with Crippen molar-refractivity contribution in [2.45, 2.75) is 44.6 Å². The lowest BCUT2D eigenvalue weighted by molar-refractivity contribution is 0.00578. The first-order chi connectivity index (χ1) is 9.86. The van der Waals surface area contributed by atoms with E-state index in [1.165, 1.54) is 5.56 Å². The molecule has 1 heterocycles. The van der Waals surface area contributed by atoms with Gasteiger partial charge in [0, 0.05) is 18.6 Å². The Bertz CT molecular complexity index is 460. The van der Waals surface area contributed by atoms with Crippen molar-refractivity contribution in [1.29, 1.82) is 0 Å². The van der Waals surface area contributed by atoms with Crippen molar-refractivity contribution in [3.8, 4) is 0 Å². The van der Waals surface area contributed by atoms with Crippen molar-refractivity contribution >= 4 is 24.3 Å². The van der Waals surface area contributed by atoms with Crippen LogP contribution in [0, 0.1) is 0 Å². The molecule has 1 fully saturated rings. The third-order valence-electron chi connectivity index (χ3n) is 4.18. The summed E-state index contributed by atoms with van der Waals surface area (Å²) in [6, 6.07) is 8.48. The van der Waals surface area contributed by atoms with E-state index in [4.69, 9.17) is 14.0 Å². The fraction of sp³-hybridized carbons (Fsp3) is 0.625. The first-order valence-electron chi connectivity index (χ1n) is 7.37. The average Bonchev–Trinajstić information content (AvgIpc) is 2.64. The van der Waals surface area contributed by atoms with E-state index in [1.54, 1.807) is 7.11 Å². The molecule has 0 N–H and O–H groups in total. The topological polar surface area (TPSA) is 27.7 Å². The number of ether oxygens (including phenoxy) is 1. The highest BCUT2D eigenvalue weighted by atomic mass is 32.2. The molecular formula is C16H25BO3S. The lowest BCUT2D eigenvalue weighted by Gasteiger charge is -2.32. The van der Waals surface area contributed by atoms with E-state index in [0.29, 0.717) is 0 Å². The highest BCUT2D eigenvalue weighted by Gasteiger charge is 2.51. The van der Waals surface area contributed by atoms with Crippen molar-refractivity contribution < 1.29 is 14.0 Å². The van der Waals surface area contributed by atoms with Crippen LogP contribution in [-0.2, 0) is 19.8 Å². The summed E-state index contributed by atoms with van der Waals surface area (Å²) in [7, 11) is 1.46. The van der Waals surface area contributed by atoms with Crippen LogP contribution < -0.4 is 5.46 Å². The molecule has 1 aliphatic rings. The quantitative estimate of drug-likeness (QED) is 0.597. The molecule has 21 heavy (non-hydrogen) atoms. The Labute approximate surface area is 132 Å². The monoisotopic (exact) mass is 308 g/mol. The molecule has 0 atom stereocenters. The van der Waals surface area contributed by atoms with Gasteiger partial charge in [-0.3, -0.25) is 0 Å². The summed E-state index contributed by atoms with van der Waals surface area (Å²) in [5.74, 6) is 1.99. The molecule has 0 spiro atoms. The molecule has 0 radical (unpaired) electrons. The number of benzene rings is 1. The maximum Gasteiger partial charge on any atom is 0.494 e. The second-order valence-electron chi connectivity index (χ2n) is 6.38. The van der Waals surface area contributed by atoms with Gasteiger partial charge < -0.3 is 14.0 Å². The van der Waals surface area contributed by atoms with Gasteiger partial charge in [-0.05, 0) is 38.7 Å². The molecule has 116 valence electrons. The number of hydrogen-bond acceptors (Lipinski definition) is 4. The van der Waals surface area contributed by atoms with Crippen molar-refractivity contribution in [2.24, 2.45) is 0 Å². The van der Waals surface area contributed by atoms with Crippen LogP contribution in [0.5, 0.6) is 0 Å². The minimum absolute atomic E-state index is 0.279. The second kappa shape index (κ2) is 6.74. The van der Waals surface area contributed by atoms with Gasteiger partial charge in [-0.1, -0.05) is 24.3 Å². The number of thioether (sulfide) groups is 1. The van der Waals surface area contributed by atoms with Gasteiger partial charge in [-0.25, -0.2) is 0 Å². The second-order valence-corrected chi connectivity index (χ2v) is 7.48. The molecule has 1 saturated heterocycles. The molecular weight excluding hydrogens is 283 g/mol. The lowest BCUT2D eigenvalue weighted by atomic mass is 9.78. The average molecular weight is 308 g/mol. The van der Waals surface area contributed by atoms with E-state index >= 15 is 0 Å². The van der Waals surface area contributed by atoms with E-state index < -0.39 is 0 Å². The summed E-state index contributed by atoms with van der Waals surface area (Å²) in [6.45, 7) is 9.12. The fourth-order valence-electron chi connectivity index (χ4n) is 2.14. The maximum atomic E-state index is 6.10. The van der Waals surface area contributed by atoms with Gasteiger partial charge in [-0.2, -0.15) is 11.8 Å². The largest absolute Gasteiger partial charge is 0.494 e. The van der Waals surface area contributed by atoms with Gasteiger partial charge in [-0.15, -0.1) is 0 Å². The van der Waals surface area contributed by atoms with Crippen LogP contribution in [-0.4, -0.2) is 37.8 Å². The van der Waals surface area contributed by atoms with Gasteiger partial charge in [0.25, 0.3) is 0 Å². The predicted octanol–water partition coefficient (Wildman–Crippen LogP) is 2.87. The van der Waals surface area contributed by atoms with Gasteiger partial charge in [0.1, 0.15) is 0 Å². The Morgan fingerprint density at radius 3 is 2.43 bits per heavy atom. The highest BCUT2D eigenvalue weighted by molar-refractivity contribution is 7.98. The Morgan fingerprint density at radius 1 is 1.14 bits per heavy atom. The Balaban J connectivity index is 2.02. The predicted molar refractivity (Wildman–Crippen MR) is 90.2 cm³/mol. The van der Waals surface area contributed by atoms with Crippen molar-refractivity contribution in [2.75, 3.05) is 19.5 Å². The SMILES string of the molecule is COCCSCc1cccc(B2OC(C)(C)C(C)(C)O2)c1. The van der Waals surface area contributed by atoms with Gasteiger partial charge in [0.05, 0.1) is 17.8 Å². The van der Waals surface area contributed by atoms with Gasteiger partial charge in [0.2, 0.25) is 0 Å². The van der Waals surface area contributed by atoms with Crippen molar-refractivity contribution in [3.63, 3.8) is 0 Å². The summed E-state index contributed by atoms with van der Waals surface area (Å²) in [5.41, 5.74) is 1.81. The van der Waals surface area contributed by atoms with Crippen molar-refractivity contribution in [1.82, 2.24) is 0 Å². The molecule has 3 nitrogen and oxygen atoms in total. The lowest BCUT2D eigenvalue weighted by Crippen LogP contribution is -2.41. The van der Waals surface area contributed by atoms with E-state index in [-0.39, 0.29) is 18.3 Å². The van der Waals surface area contributed by atoms with Crippen LogP contribution in [0.3, 0.4) is 0 Å². The summed E-state index contributed by atoms with van der Waals surface area (Å²) in [6.07, 6.45) is 0. The third-order valence-corrected chi connectivity index (χ3v) is 5.17. The Hall–Kier alpha value is -0.485. The van der Waals surface area contributed by atoms with E-state index in [1.807, 2.05) is 11.8 Å². The van der Waals surface area contributed by atoms with Crippen LogP contribution >= 0.6 is 11.8 Å². The summed E-state index contributed by atoms with van der Waals surface area (Å²) >= 11 is 1.88. The molecule has 0 aromatic heterocycles. The molecule has 0 saturated carbocycles. The molecule has 5 heteroatoms. The van der Waals surface area contributed by atoms with E-state index in [9.17, 15) is 0 Å². The Morgan fingerprint density at radius 2 is 1.81 bits per heavy atom. The molecule has 1 aromatic carbocycles. The molecule has 2 rings (SSSR count). The van der Waals surface area contributed by atoms with Gasteiger partial charge >= 0.3 is 7.12 Å². The zero-order valence-corrected chi connectivity index (χ0v) is 14.5. The third kappa shape index (κ3) is 4.04. The smallest absolute Gasteiger partial charge is 0.399 e. The number of rotatable bonds is 6. The normalized spacial score (nSPS) is 20.0. The standard InChI is InChI=1S/C16H25BO3S/c1-15(2)16(3,4)20-17(19-15)14-8-6-7-13(11-14)12-21-10-9-18-5/h6-8,11H,9-10,12H2,1-5H3. The van der Waals surface area contributed by atoms with Crippen LogP contribution in [0.4, 0.5) is 0 Å². The zero-order valence-electron chi connectivity index (χ0n) is 13.6. The van der Waals surface area contributed by atoms with Crippen LogP contribution in [0.2, 0.25) is 0 Å². The Kier molecular flexibility index (Phi) is 5.41. The summed E-state index contributed by atoms with van der Waals surface area (Å²) in [4.78, 5) is 0. The first kappa shape index (κ1) is 16.9. The molecule has 0 aliphatic carbocycles. The van der Waals surface area contributed by atoms with Crippen LogP contribution in [0.15, 0.2) is 24.3 Å². The first-order valence-corrected chi connectivity index (χ1v) is 8.52. The van der Waals surface area contributed by atoms with Crippen LogP contribution in [0.1, 0.15) is 33.3 Å². The number of methoxy groups -OCH3 is 1. The van der Waals surface area contributed by atoms with Gasteiger partial charge in [0.15, 0.2) is 0 Å². The summed E-state index contributed by atoms with van der Waals surface area (Å²) in [5, 5.41) is 0. The molecule has 0 bridgehead atoms. The number of hydrogen-bond donors (Lipinski definition) is 0. The minimum Gasteiger partial charge on any atom is -0.399 e. The van der Waals surface area contributed by atoms with E-state index in [2.05, 4.69) is 52.0 Å². The summed E-state index contributed by atoms with van der Waals surface area (Å²) < 4.78 is 17.3.